The average Bonchev–Trinajstić information content (AvgIpc) is 3.10. The molecule has 49 heavy (non-hydrogen) atoms. The zero-order valence-electron chi connectivity index (χ0n) is 34.6. The Balaban J connectivity index is 3.93. The second kappa shape index (κ2) is 41.9. The van der Waals surface area contributed by atoms with Crippen molar-refractivity contribution >= 4 is 0 Å². The molecule has 0 aliphatic rings. The minimum Gasteiger partial charge on any atom is -0.499 e. The molecule has 0 aliphatic heterocycles. The van der Waals surface area contributed by atoms with Crippen LogP contribution in [0.3, 0.4) is 0 Å². The fourth-order valence-electron chi connectivity index (χ4n) is 7.05. The van der Waals surface area contributed by atoms with E-state index in [1.54, 1.807) is 0 Å². The number of hydrogen-bond donors (Lipinski definition) is 0. The molecule has 0 spiro atoms. The zero-order chi connectivity index (χ0) is 35.7. The molecule has 0 amide bonds. The fourth-order valence-corrected chi connectivity index (χ4v) is 7.05. The molecule has 3 heteroatoms. The lowest BCUT2D eigenvalue weighted by atomic mass is 10.0. The summed E-state index contributed by atoms with van der Waals surface area (Å²) >= 11 is 0. The van der Waals surface area contributed by atoms with Gasteiger partial charge in [0.05, 0.1) is 12.4 Å². The van der Waals surface area contributed by atoms with Crippen molar-refractivity contribution < 1.29 is 9.47 Å². The molecule has 0 saturated carbocycles. The van der Waals surface area contributed by atoms with Gasteiger partial charge in [0.1, 0.15) is 0 Å². The quantitative estimate of drug-likeness (QED) is 0.0469. The molecule has 3 nitrogen and oxygen atoms in total. The van der Waals surface area contributed by atoms with Gasteiger partial charge < -0.3 is 14.4 Å². The maximum atomic E-state index is 5.99. The first kappa shape index (κ1) is 48.5. The second-order valence-corrected chi connectivity index (χ2v) is 15.8. The first-order chi connectivity index (χ1) is 24.1. The Bertz CT molecular complexity index is 622. The maximum Gasteiger partial charge on any atom is 0.0888 e. The zero-order valence-corrected chi connectivity index (χ0v) is 34.6. The van der Waals surface area contributed by atoms with Crippen LogP contribution in [0.5, 0.6) is 0 Å². The standard InChI is InChI=1S/C46H93NO2/c1-6-9-12-15-18-25-32-39-47(41-34-27-22-24-31-38-46(5)49-43-36-29-20-17-14-11-8-3)40-33-26-21-23-30-37-45(4)44-48-42-35-28-19-16-13-10-7-2/h45H,5-44H2,1-4H3. The van der Waals surface area contributed by atoms with Crippen LogP contribution >= 0.6 is 0 Å². The smallest absolute Gasteiger partial charge is 0.0888 e. The van der Waals surface area contributed by atoms with Crippen LogP contribution in [-0.4, -0.2) is 44.4 Å². The van der Waals surface area contributed by atoms with E-state index in [0.29, 0.717) is 5.92 Å². The normalized spacial score (nSPS) is 12.3. The van der Waals surface area contributed by atoms with Crippen LogP contribution in [0.1, 0.15) is 240 Å². The van der Waals surface area contributed by atoms with Crippen LogP contribution in [-0.2, 0) is 9.47 Å². The largest absolute Gasteiger partial charge is 0.499 e. The van der Waals surface area contributed by atoms with Crippen LogP contribution in [0, 0.1) is 5.92 Å². The van der Waals surface area contributed by atoms with Crippen LogP contribution < -0.4 is 0 Å². The lowest BCUT2D eigenvalue weighted by Gasteiger charge is -2.22. The summed E-state index contributed by atoms with van der Waals surface area (Å²) in [4.78, 5) is 2.82. The van der Waals surface area contributed by atoms with Gasteiger partial charge in [-0.1, -0.05) is 195 Å². The van der Waals surface area contributed by atoms with Gasteiger partial charge in [0.25, 0.3) is 0 Å². The average molecular weight is 692 g/mol. The van der Waals surface area contributed by atoms with E-state index < -0.39 is 0 Å². The summed E-state index contributed by atoms with van der Waals surface area (Å²) in [5.74, 6) is 1.73. The number of unbranched alkanes of at least 4 members (excludes halogenated alkanes) is 26. The third-order valence-electron chi connectivity index (χ3n) is 10.5. The van der Waals surface area contributed by atoms with E-state index in [0.717, 1.165) is 32.0 Å². The molecule has 0 rings (SSSR count). The number of allylic oxidation sites excluding steroid dienone is 1. The molecule has 1 unspecified atom stereocenters. The van der Waals surface area contributed by atoms with Gasteiger partial charge in [-0.25, -0.2) is 0 Å². The predicted octanol–water partition coefficient (Wildman–Crippen LogP) is 15.4. The monoisotopic (exact) mass is 692 g/mol. The lowest BCUT2D eigenvalue weighted by Crippen LogP contribution is -2.27. The van der Waals surface area contributed by atoms with Gasteiger partial charge in [0.2, 0.25) is 0 Å². The lowest BCUT2D eigenvalue weighted by molar-refractivity contribution is 0.0976. The molecule has 0 aromatic carbocycles. The number of hydrogen-bond acceptors (Lipinski definition) is 3. The third-order valence-corrected chi connectivity index (χ3v) is 10.5. The van der Waals surface area contributed by atoms with Crippen molar-refractivity contribution in [1.29, 1.82) is 0 Å². The molecule has 0 aromatic rings. The van der Waals surface area contributed by atoms with E-state index in [9.17, 15) is 0 Å². The van der Waals surface area contributed by atoms with Gasteiger partial charge >= 0.3 is 0 Å². The van der Waals surface area contributed by atoms with Gasteiger partial charge in [-0.3, -0.25) is 0 Å². The Labute approximate surface area is 310 Å². The highest BCUT2D eigenvalue weighted by atomic mass is 16.5. The van der Waals surface area contributed by atoms with E-state index in [1.807, 2.05) is 0 Å². The summed E-state index contributed by atoms with van der Waals surface area (Å²) in [6.07, 6.45) is 44.8. The highest BCUT2D eigenvalue weighted by Crippen LogP contribution is 2.16. The van der Waals surface area contributed by atoms with E-state index in [1.165, 1.54) is 225 Å². The topological polar surface area (TPSA) is 21.7 Å². The van der Waals surface area contributed by atoms with Gasteiger partial charge in [-0.2, -0.15) is 0 Å². The van der Waals surface area contributed by atoms with E-state index in [4.69, 9.17) is 9.47 Å². The van der Waals surface area contributed by atoms with Crippen molar-refractivity contribution in [3.05, 3.63) is 12.3 Å². The maximum absolute atomic E-state index is 5.99. The molecule has 0 radical (unpaired) electrons. The molecule has 294 valence electrons. The fraction of sp³-hybridized carbons (Fsp3) is 0.957. The molecule has 0 saturated heterocycles. The molecule has 0 heterocycles. The Morgan fingerprint density at radius 1 is 0.449 bits per heavy atom. The molecule has 0 N–H and O–H groups in total. The van der Waals surface area contributed by atoms with Crippen molar-refractivity contribution in [2.45, 2.75) is 240 Å². The Morgan fingerprint density at radius 3 is 1.29 bits per heavy atom. The first-order valence-electron chi connectivity index (χ1n) is 22.7. The summed E-state index contributed by atoms with van der Waals surface area (Å²) in [5.41, 5.74) is 0. The van der Waals surface area contributed by atoms with Crippen molar-refractivity contribution in [1.82, 2.24) is 4.90 Å². The minimum absolute atomic E-state index is 0.717. The Hall–Kier alpha value is -0.540. The third kappa shape index (κ3) is 40.1. The summed E-state index contributed by atoms with van der Waals surface area (Å²) in [5, 5.41) is 0. The van der Waals surface area contributed by atoms with Crippen molar-refractivity contribution in [3.8, 4) is 0 Å². The van der Waals surface area contributed by atoms with E-state index in [2.05, 4.69) is 39.2 Å². The molecule has 0 aromatic heterocycles. The van der Waals surface area contributed by atoms with Gasteiger partial charge in [-0.15, -0.1) is 0 Å². The minimum atomic E-state index is 0.717. The highest BCUT2D eigenvalue weighted by molar-refractivity contribution is 4.81. The first-order valence-corrected chi connectivity index (χ1v) is 22.7. The number of ether oxygens (including phenoxy) is 2. The van der Waals surface area contributed by atoms with Gasteiger partial charge in [0.15, 0.2) is 0 Å². The van der Waals surface area contributed by atoms with Crippen molar-refractivity contribution in [2.75, 3.05) is 39.5 Å². The van der Waals surface area contributed by atoms with Crippen molar-refractivity contribution in [2.24, 2.45) is 5.92 Å². The van der Waals surface area contributed by atoms with Crippen LogP contribution in [0.2, 0.25) is 0 Å². The Morgan fingerprint density at radius 2 is 0.816 bits per heavy atom. The molecule has 1 atom stereocenters. The van der Waals surface area contributed by atoms with Crippen LogP contribution in [0.4, 0.5) is 0 Å². The van der Waals surface area contributed by atoms with Crippen molar-refractivity contribution in [3.63, 3.8) is 0 Å². The van der Waals surface area contributed by atoms with Gasteiger partial charge in [-0.05, 0) is 70.5 Å². The summed E-state index contributed by atoms with van der Waals surface area (Å²) in [6, 6.07) is 0. The second-order valence-electron chi connectivity index (χ2n) is 15.8. The Kier molecular flexibility index (Phi) is 41.4. The van der Waals surface area contributed by atoms with E-state index >= 15 is 0 Å². The highest BCUT2D eigenvalue weighted by Gasteiger charge is 2.07. The summed E-state index contributed by atoms with van der Waals surface area (Å²) in [7, 11) is 0. The number of rotatable bonds is 43. The number of nitrogens with zero attached hydrogens (tertiary/aromatic N) is 1. The summed E-state index contributed by atoms with van der Waals surface area (Å²) < 4.78 is 11.9. The molecular formula is C46H93NO2. The summed E-state index contributed by atoms with van der Waals surface area (Å²) in [6.45, 7) is 20.2. The predicted molar refractivity (Wildman–Crippen MR) is 221 cm³/mol. The molecule has 0 fully saturated rings. The molecule has 0 aliphatic carbocycles. The molecular weight excluding hydrogens is 599 g/mol. The van der Waals surface area contributed by atoms with E-state index in [-0.39, 0.29) is 0 Å². The van der Waals surface area contributed by atoms with Crippen LogP contribution in [0.15, 0.2) is 12.3 Å². The SMILES string of the molecule is C=C(CCCCCCCN(CCCCCCCCC)CCCCCCCC(C)COCCCCCCCCC)OCCCCCCCCC. The van der Waals surface area contributed by atoms with Gasteiger partial charge in [0, 0.05) is 19.6 Å². The molecule has 0 bridgehead atoms. The van der Waals surface area contributed by atoms with Crippen LogP contribution in [0.25, 0.3) is 0 Å².